The van der Waals surface area contributed by atoms with E-state index in [0.29, 0.717) is 0 Å². The van der Waals surface area contributed by atoms with E-state index in [1.54, 1.807) is 0 Å². The first-order valence-corrected chi connectivity index (χ1v) is 10.1. The summed E-state index contributed by atoms with van der Waals surface area (Å²) in [6.07, 6.45) is 22.8. The Kier molecular flexibility index (Phi) is 25.5. The van der Waals surface area contributed by atoms with Crippen molar-refractivity contribution in [2.45, 2.75) is 117 Å². The van der Waals surface area contributed by atoms with Gasteiger partial charge in [0.25, 0.3) is 0 Å². The largest absolute Gasteiger partial charge is 0.344 e. The second kappa shape index (κ2) is 23.2. The Morgan fingerprint density at radius 2 is 0.682 bits per heavy atom. The highest BCUT2D eigenvalue weighted by Crippen LogP contribution is 2.09. The fraction of sp³-hybridized carbons (Fsp3) is 1.00. The first-order valence-electron chi connectivity index (χ1n) is 10.1. The summed E-state index contributed by atoms with van der Waals surface area (Å²) >= 11 is 0. The molecular formula is C20H46N2. The molecule has 4 N–H and O–H groups in total. The van der Waals surface area contributed by atoms with Crippen LogP contribution in [0.3, 0.4) is 0 Å². The Balaban J connectivity index is 0. The van der Waals surface area contributed by atoms with Gasteiger partial charge in [0.1, 0.15) is 0 Å². The maximum Gasteiger partial charge on any atom is -0.00489 e. The van der Waals surface area contributed by atoms with Gasteiger partial charge in [0, 0.05) is 0 Å². The molecule has 0 radical (unpaired) electrons. The van der Waals surface area contributed by atoms with Crippen LogP contribution >= 0.6 is 0 Å². The highest BCUT2D eigenvalue weighted by atomic mass is 14.8. The fourth-order valence-electron chi connectivity index (χ4n) is 2.89. The number of hydrogen-bond acceptors (Lipinski definition) is 2. The molecule has 0 aromatic heterocycles. The Morgan fingerprint density at radius 3 is 1.00 bits per heavy atom. The van der Waals surface area contributed by atoms with Gasteiger partial charge in [0.2, 0.25) is 0 Å². The monoisotopic (exact) mass is 314 g/mol. The number of nitrogens with one attached hydrogen (secondary N) is 1. The minimum Gasteiger partial charge on any atom is -0.344 e. The van der Waals surface area contributed by atoms with Crippen molar-refractivity contribution in [3.05, 3.63) is 0 Å². The second-order valence-electron chi connectivity index (χ2n) is 6.70. The lowest BCUT2D eigenvalue weighted by atomic mass is 10.1. The lowest BCUT2D eigenvalue weighted by molar-refractivity contribution is 0.532. The van der Waals surface area contributed by atoms with Crippen molar-refractivity contribution >= 4 is 0 Å². The Hall–Kier alpha value is -0.0800. The van der Waals surface area contributed by atoms with Gasteiger partial charge in [-0.3, -0.25) is 0 Å². The molecular weight excluding hydrogens is 268 g/mol. The lowest BCUT2D eigenvalue weighted by Crippen LogP contribution is -2.16. The lowest BCUT2D eigenvalue weighted by Gasteiger charge is -2.05. The topological polar surface area (TPSA) is 47.0 Å². The van der Waals surface area contributed by atoms with Crippen molar-refractivity contribution in [1.82, 2.24) is 11.5 Å². The highest BCUT2D eigenvalue weighted by Gasteiger charge is 1.93. The highest BCUT2D eigenvalue weighted by molar-refractivity contribution is 4.52. The molecule has 2 heteroatoms. The summed E-state index contributed by atoms with van der Waals surface area (Å²) in [6, 6.07) is 0. The van der Waals surface area contributed by atoms with Gasteiger partial charge in [-0.2, -0.15) is 0 Å². The predicted molar refractivity (Wildman–Crippen MR) is 103 cm³/mol. The summed E-state index contributed by atoms with van der Waals surface area (Å²) in [5, 5.41) is 3.61. The van der Waals surface area contributed by atoms with Crippen molar-refractivity contribution in [2.24, 2.45) is 0 Å². The molecule has 0 atom stereocenters. The number of hydrogen-bond donors (Lipinski definition) is 2. The van der Waals surface area contributed by atoms with Gasteiger partial charge in [-0.1, -0.05) is 104 Å². The summed E-state index contributed by atoms with van der Waals surface area (Å²) in [5.41, 5.74) is 0. The summed E-state index contributed by atoms with van der Waals surface area (Å²) < 4.78 is 0. The molecule has 0 fully saturated rings. The maximum atomic E-state index is 3.61. The van der Waals surface area contributed by atoms with Gasteiger partial charge >= 0.3 is 0 Å². The zero-order chi connectivity index (χ0) is 15.4. The first kappa shape index (κ1) is 24.2. The molecule has 0 aliphatic heterocycles. The molecule has 0 heterocycles. The quantitative estimate of drug-likeness (QED) is 0.267. The molecule has 0 unspecified atom stereocenters. The Labute approximate surface area is 141 Å². The van der Waals surface area contributed by atoms with Crippen molar-refractivity contribution in [2.75, 3.05) is 13.1 Å². The maximum absolute atomic E-state index is 3.61. The van der Waals surface area contributed by atoms with Gasteiger partial charge in [-0.15, -0.1) is 0 Å². The molecule has 0 amide bonds. The molecule has 0 saturated heterocycles. The van der Waals surface area contributed by atoms with Crippen LogP contribution in [-0.4, -0.2) is 13.1 Å². The zero-order valence-corrected chi connectivity index (χ0v) is 15.9. The van der Waals surface area contributed by atoms with Gasteiger partial charge in [-0.05, 0) is 25.9 Å². The van der Waals surface area contributed by atoms with Gasteiger partial charge in [0.05, 0.1) is 0 Å². The summed E-state index contributed by atoms with van der Waals surface area (Å²) in [6.45, 7) is 7.06. The van der Waals surface area contributed by atoms with Crippen LogP contribution in [0.2, 0.25) is 0 Å². The summed E-state index contributed by atoms with van der Waals surface area (Å²) in [4.78, 5) is 0. The van der Waals surface area contributed by atoms with Gasteiger partial charge in [0.15, 0.2) is 0 Å². The number of unbranched alkanes of at least 4 members (excludes halogenated alkanes) is 14. The van der Waals surface area contributed by atoms with E-state index < -0.39 is 0 Å². The smallest absolute Gasteiger partial charge is 0.00489 e. The molecule has 0 aliphatic carbocycles. The standard InChI is InChI=1S/C20H43N.H3N/c1-3-5-7-9-11-13-15-17-19-21-20-18-16-14-12-10-8-6-4-2;/h21H,3-20H2,1-2H3;1H3. The van der Waals surface area contributed by atoms with Crippen LogP contribution in [0.1, 0.15) is 117 Å². The predicted octanol–water partition coefficient (Wildman–Crippen LogP) is 7.02. The SMILES string of the molecule is CCCCCCCCCCNCCCCCCCCCC.N. The van der Waals surface area contributed by atoms with E-state index >= 15 is 0 Å². The average molecular weight is 315 g/mol. The third kappa shape index (κ3) is 22.2. The Bertz CT molecular complexity index is 153. The van der Waals surface area contributed by atoms with Gasteiger partial charge in [-0.25, -0.2) is 0 Å². The molecule has 0 saturated carbocycles. The minimum absolute atomic E-state index is 0. The molecule has 0 aromatic carbocycles. The summed E-state index contributed by atoms with van der Waals surface area (Å²) in [7, 11) is 0. The van der Waals surface area contributed by atoms with Crippen molar-refractivity contribution in [3.63, 3.8) is 0 Å². The van der Waals surface area contributed by atoms with Crippen LogP contribution in [0.5, 0.6) is 0 Å². The van der Waals surface area contributed by atoms with Crippen LogP contribution < -0.4 is 11.5 Å². The minimum atomic E-state index is 0. The van der Waals surface area contributed by atoms with Crippen molar-refractivity contribution < 1.29 is 0 Å². The second-order valence-corrected chi connectivity index (χ2v) is 6.70. The average Bonchev–Trinajstić information content (AvgIpc) is 2.50. The van der Waals surface area contributed by atoms with Crippen LogP contribution in [0.4, 0.5) is 0 Å². The molecule has 0 spiro atoms. The van der Waals surface area contributed by atoms with E-state index in [9.17, 15) is 0 Å². The van der Waals surface area contributed by atoms with Crippen molar-refractivity contribution in [3.8, 4) is 0 Å². The van der Waals surface area contributed by atoms with Gasteiger partial charge < -0.3 is 11.5 Å². The van der Waals surface area contributed by atoms with Crippen LogP contribution in [0.15, 0.2) is 0 Å². The van der Waals surface area contributed by atoms with E-state index in [2.05, 4.69) is 19.2 Å². The van der Waals surface area contributed by atoms with E-state index in [-0.39, 0.29) is 6.15 Å². The normalized spacial score (nSPS) is 10.6. The van der Waals surface area contributed by atoms with Crippen LogP contribution in [-0.2, 0) is 0 Å². The molecule has 136 valence electrons. The molecule has 0 rings (SSSR count). The third-order valence-corrected chi connectivity index (χ3v) is 4.41. The van der Waals surface area contributed by atoms with E-state index in [4.69, 9.17) is 0 Å². The van der Waals surface area contributed by atoms with Crippen LogP contribution in [0.25, 0.3) is 0 Å². The molecule has 22 heavy (non-hydrogen) atoms. The molecule has 0 aromatic rings. The fourth-order valence-corrected chi connectivity index (χ4v) is 2.89. The molecule has 2 nitrogen and oxygen atoms in total. The third-order valence-electron chi connectivity index (χ3n) is 4.41. The molecule has 0 aliphatic rings. The van der Waals surface area contributed by atoms with E-state index in [1.807, 2.05) is 0 Å². The Morgan fingerprint density at radius 1 is 0.409 bits per heavy atom. The van der Waals surface area contributed by atoms with Crippen molar-refractivity contribution in [1.29, 1.82) is 0 Å². The summed E-state index contributed by atoms with van der Waals surface area (Å²) in [5.74, 6) is 0. The molecule has 0 bridgehead atoms. The van der Waals surface area contributed by atoms with E-state index in [1.165, 1.54) is 116 Å². The zero-order valence-electron chi connectivity index (χ0n) is 15.9. The number of rotatable bonds is 18. The van der Waals surface area contributed by atoms with E-state index in [0.717, 1.165) is 0 Å². The first-order chi connectivity index (χ1) is 10.4. The van der Waals surface area contributed by atoms with Crippen LogP contribution in [0, 0.1) is 0 Å².